The lowest BCUT2D eigenvalue weighted by Crippen LogP contribution is -2.36. The number of aromatic nitrogens is 2. The normalized spacial score (nSPS) is 10.8. The van der Waals surface area contributed by atoms with E-state index in [1.807, 2.05) is 21.6 Å². The number of nitro benzene ring substituents is 1. The van der Waals surface area contributed by atoms with Gasteiger partial charge in [-0.3, -0.25) is 10.1 Å². The highest BCUT2D eigenvalue weighted by Crippen LogP contribution is 2.27. The van der Waals surface area contributed by atoms with Crippen LogP contribution in [0.15, 0.2) is 79.3 Å². The van der Waals surface area contributed by atoms with E-state index in [1.165, 1.54) is 24.3 Å². The number of hydrogen-bond donors (Lipinski definition) is 1. The van der Waals surface area contributed by atoms with Gasteiger partial charge in [-0.15, -0.1) is 0 Å². The molecule has 0 atom stereocenters. The van der Waals surface area contributed by atoms with E-state index >= 15 is 0 Å². The molecule has 37 heavy (non-hydrogen) atoms. The maximum absolute atomic E-state index is 13.7. The van der Waals surface area contributed by atoms with Gasteiger partial charge in [-0.05, 0) is 47.6 Å². The van der Waals surface area contributed by atoms with Crippen LogP contribution in [0.3, 0.4) is 0 Å². The Morgan fingerprint density at radius 3 is 2.62 bits per heavy atom. The first-order valence-corrected chi connectivity index (χ1v) is 12.4. The van der Waals surface area contributed by atoms with E-state index in [0.717, 1.165) is 16.8 Å². The van der Waals surface area contributed by atoms with Gasteiger partial charge in [0.05, 0.1) is 21.3 Å². The lowest BCUT2D eigenvalue weighted by molar-refractivity contribution is -0.384. The fraction of sp³-hybridized carbons (Fsp3) is 0.154. The van der Waals surface area contributed by atoms with Crippen molar-refractivity contribution in [3.8, 4) is 0 Å². The molecule has 7 nitrogen and oxygen atoms in total. The topological polar surface area (TPSA) is 76.2 Å². The van der Waals surface area contributed by atoms with E-state index in [4.69, 9.17) is 35.4 Å². The highest BCUT2D eigenvalue weighted by molar-refractivity contribution is 7.80. The molecule has 0 saturated carbocycles. The summed E-state index contributed by atoms with van der Waals surface area (Å²) in [5, 5.41) is 15.3. The van der Waals surface area contributed by atoms with Gasteiger partial charge >= 0.3 is 0 Å². The van der Waals surface area contributed by atoms with Gasteiger partial charge in [0.1, 0.15) is 5.82 Å². The molecule has 4 aromatic rings. The summed E-state index contributed by atoms with van der Waals surface area (Å²) < 4.78 is 15.7. The zero-order chi connectivity index (χ0) is 26.4. The molecule has 0 bridgehead atoms. The summed E-state index contributed by atoms with van der Waals surface area (Å²) in [6.07, 6.45) is 4.09. The van der Waals surface area contributed by atoms with Crippen molar-refractivity contribution < 1.29 is 9.31 Å². The molecule has 0 unspecified atom stereocenters. The number of non-ortho nitro benzene ring substituents is 1. The van der Waals surface area contributed by atoms with Crippen molar-refractivity contribution >= 4 is 51.9 Å². The van der Waals surface area contributed by atoms with E-state index in [1.54, 1.807) is 42.9 Å². The molecule has 0 aliphatic heterocycles. The van der Waals surface area contributed by atoms with E-state index in [2.05, 4.69) is 10.3 Å². The van der Waals surface area contributed by atoms with Crippen LogP contribution >= 0.6 is 35.4 Å². The summed E-state index contributed by atoms with van der Waals surface area (Å²) in [6, 6.07) is 17.9. The average Bonchev–Trinajstić information content (AvgIpc) is 3.31. The van der Waals surface area contributed by atoms with Gasteiger partial charge in [0.2, 0.25) is 0 Å². The van der Waals surface area contributed by atoms with Crippen molar-refractivity contribution in [2.24, 2.45) is 0 Å². The number of anilines is 1. The van der Waals surface area contributed by atoms with Gasteiger partial charge in [-0.25, -0.2) is 9.37 Å². The zero-order valence-corrected chi connectivity index (χ0v) is 21.8. The van der Waals surface area contributed by atoms with E-state index < -0.39 is 4.92 Å². The van der Waals surface area contributed by atoms with Crippen LogP contribution in [0, 0.1) is 15.9 Å². The van der Waals surface area contributed by atoms with Crippen LogP contribution in [0.25, 0.3) is 0 Å². The molecule has 1 heterocycles. The summed E-state index contributed by atoms with van der Waals surface area (Å²) in [6.45, 7) is 1.41. The van der Waals surface area contributed by atoms with Crippen LogP contribution in [-0.2, 0) is 19.5 Å². The van der Waals surface area contributed by atoms with Gasteiger partial charge in [0, 0.05) is 55.8 Å². The van der Waals surface area contributed by atoms with E-state index in [0.29, 0.717) is 46.9 Å². The molecule has 0 aliphatic rings. The molecular weight excluding hydrogens is 536 g/mol. The number of nitrogens with one attached hydrogen (secondary N) is 1. The van der Waals surface area contributed by atoms with Crippen LogP contribution < -0.4 is 5.32 Å². The van der Waals surface area contributed by atoms with E-state index in [9.17, 15) is 14.5 Å². The largest absolute Gasteiger partial charge is 0.344 e. The molecular formula is C26H22Cl2FN5O2S. The highest BCUT2D eigenvalue weighted by Gasteiger charge is 2.16. The fourth-order valence-corrected chi connectivity index (χ4v) is 4.42. The molecule has 4 rings (SSSR count). The van der Waals surface area contributed by atoms with Crippen LogP contribution in [0.1, 0.15) is 16.8 Å². The van der Waals surface area contributed by atoms with Crippen molar-refractivity contribution in [1.29, 1.82) is 0 Å². The number of rotatable bonds is 9. The molecule has 190 valence electrons. The van der Waals surface area contributed by atoms with Gasteiger partial charge in [0.15, 0.2) is 5.11 Å². The number of benzene rings is 3. The third kappa shape index (κ3) is 7.03. The quantitative estimate of drug-likeness (QED) is 0.140. The first-order valence-electron chi connectivity index (χ1n) is 11.3. The number of imidazole rings is 1. The number of nitrogens with zero attached hydrogens (tertiary/aromatic N) is 4. The monoisotopic (exact) mass is 557 g/mol. The summed E-state index contributed by atoms with van der Waals surface area (Å²) in [7, 11) is 0. The van der Waals surface area contributed by atoms with Crippen LogP contribution in [0.4, 0.5) is 15.8 Å². The first-order chi connectivity index (χ1) is 17.8. The molecule has 1 N–H and O–H groups in total. The maximum atomic E-state index is 13.7. The third-order valence-electron chi connectivity index (χ3n) is 5.69. The predicted octanol–water partition coefficient (Wildman–Crippen LogP) is 6.73. The number of nitro groups is 1. The molecule has 0 radical (unpaired) electrons. The second-order valence-corrected chi connectivity index (χ2v) is 9.43. The smallest absolute Gasteiger partial charge is 0.269 e. The molecule has 1 aromatic heterocycles. The van der Waals surface area contributed by atoms with Crippen LogP contribution in [0.5, 0.6) is 0 Å². The van der Waals surface area contributed by atoms with Gasteiger partial charge < -0.3 is 14.8 Å². The second-order valence-electron chi connectivity index (χ2n) is 8.26. The number of thiocarbonyl (C=S) groups is 1. The third-order valence-corrected chi connectivity index (χ3v) is 6.91. The Balaban J connectivity index is 1.50. The SMILES string of the molecule is O=[N+]([O-])c1ccc(Cn2cncc2CCN(Cc2cccc(Cl)c2Cl)C(=S)Nc2cccc(F)c2)cc1. The van der Waals surface area contributed by atoms with Gasteiger partial charge in [0.25, 0.3) is 5.69 Å². The Labute approximate surface area is 228 Å². The van der Waals surface area contributed by atoms with Crippen molar-refractivity contribution in [2.75, 3.05) is 11.9 Å². The maximum Gasteiger partial charge on any atom is 0.269 e. The fourth-order valence-electron chi connectivity index (χ4n) is 3.77. The molecule has 0 aliphatic carbocycles. The minimum Gasteiger partial charge on any atom is -0.344 e. The van der Waals surface area contributed by atoms with Gasteiger partial charge in [-0.1, -0.05) is 53.5 Å². The minimum atomic E-state index is -0.423. The predicted molar refractivity (Wildman–Crippen MR) is 148 cm³/mol. The Hall–Kier alpha value is -3.53. The lowest BCUT2D eigenvalue weighted by atomic mass is 10.2. The van der Waals surface area contributed by atoms with E-state index in [-0.39, 0.29) is 11.5 Å². The summed E-state index contributed by atoms with van der Waals surface area (Å²) in [4.78, 5) is 16.7. The Morgan fingerprint density at radius 2 is 1.89 bits per heavy atom. The number of hydrogen-bond acceptors (Lipinski definition) is 4. The molecule has 0 saturated heterocycles. The van der Waals surface area contributed by atoms with Gasteiger partial charge in [-0.2, -0.15) is 0 Å². The molecule has 11 heteroatoms. The summed E-state index contributed by atoms with van der Waals surface area (Å²) in [5.41, 5.74) is 3.25. The minimum absolute atomic E-state index is 0.0456. The average molecular weight is 558 g/mol. The summed E-state index contributed by atoms with van der Waals surface area (Å²) >= 11 is 18.3. The van der Waals surface area contributed by atoms with Crippen molar-refractivity contribution in [2.45, 2.75) is 19.5 Å². The zero-order valence-electron chi connectivity index (χ0n) is 19.5. The highest BCUT2D eigenvalue weighted by atomic mass is 35.5. The number of halogens is 3. The molecule has 0 amide bonds. The lowest BCUT2D eigenvalue weighted by Gasteiger charge is -2.27. The molecule has 0 fully saturated rings. The molecule has 3 aromatic carbocycles. The Morgan fingerprint density at radius 1 is 1.14 bits per heavy atom. The molecule has 0 spiro atoms. The Bertz CT molecular complexity index is 1410. The van der Waals surface area contributed by atoms with Crippen molar-refractivity contribution in [3.05, 3.63) is 122 Å². The second kappa shape index (κ2) is 12.1. The van der Waals surface area contributed by atoms with Crippen molar-refractivity contribution in [3.63, 3.8) is 0 Å². The standard InChI is InChI=1S/C26H22Cl2FN5O2S/c27-24-6-1-3-19(25(24)28)16-32(26(37)31-21-5-2-4-20(29)13-21)12-11-23-14-30-17-33(23)15-18-7-9-22(10-8-18)34(35)36/h1-10,13-14,17H,11-12,15-16H2,(H,31,37). The first kappa shape index (κ1) is 26.5. The van der Waals surface area contributed by atoms with Crippen LogP contribution in [-0.4, -0.2) is 31.0 Å². The van der Waals surface area contributed by atoms with Crippen LogP contribution in [0.2, 0.25) is 10.0 Å². The summed E-state index contributed by atoms with van der Waals surface area (Å²) in [5.74, 6) is -0.368. The Kier molecular flexibility index (Phi) is 8.70. The van der Waals surface area contributed by atoms with Crippen molar-refractivity contribution in [1.82, 2.24) is 14.5 Å².